The van der Waals surface area contributed by atoms with Crippen LogP contribution < -0.4 is 0 Å². The van der Waals surface area contributed by atoms with Crippen molar-refractivity contribution in [3.8, 4) is 136 Å². The van der Waals surface area contributed by atoms with Crippen LogP contribution in [-0.4, -0.2) is 39.9 Å². The van der Waals surface area contributed by atoms with Gasteiger partial charge in [-0.25, -0.2) is 19.9 Å². The first kappa shape index (κ1) is 56.3. The van der Waals surface area contributed by atoms with Crippen LogP contribution >= 0.6 is 0 Å². The third-order valence-electron chi connectivity index (χ3n) is 19.0. The Morgan fingerprint density at radius 2 is 0.436 bits per heavy atom. The van der Waals surface area contributed by atoms with Crippen LogP contribution in [0.2, 0.25) is 0 Å². The Bertz CT molecular complexity index is 4770. The van der Waals surface area contributed by atoms with Crippen LogP contribution in [-0.2, 0) is 51.4 Å². The maximum Gasteiger partial charge on any atom is 0.138 e. The number of nitrogens with zero attached hydrogens (tertiary/aromatic N) is 4. The summed E-state index contributed by atoms with van der Waals surface area (Å²) in [7, 11) is 0. The van der Waals surface area contributed by atoms with Crippen LogP contribution in [0.1, 0.15) is 44.5 Å². The molecule has 4 N–H and O–H groups in total. The Balaban J connectivity index is 0.695. The fraction of sp³-hybridized carbons (Fsp3) is 0.0930. The first-order valence-electron chi connectivity index (χ1n) is 32.9. The fourth-order valence-electron chi connectivity index (χ4n) is 14.0. The van der Waals surface area contributed by atoms with E-state index in [1.165, 1.54) is 44.5 Å². The van der Waals surface area contributed by atoms with E-state index < -0.39 is 0 Å². The van der Waals surface area contributed by atoms with Crippen molar-refractivity contribution in [3.05, 3.63) is 324 Å². The van der Waals surface area contributed by atoms with Gasteiger partial charge in [0.15, 0.2) is 0 Å². The number of benzene rings is 11. The highest BCUT2D eigenvalue weighted by Crippen LogP contribution is 2.42. The van der Waals surface area contributed by atoms with Crippen molar-refractivity contribution < 1.29 is 0 Å². The highest BCUT2D eigenvalue weighted by Gasteiger charge is 2.26. The van der Waals surface area contributed by atoms with Crippen LogP contribution in [0.15, 0.2) is 279 Å². The number of hydrogen-bond acceptors (Lipinski definition) is 4. The van der Waals surface area contributed by atoms with Gasteiger partial charge in [-0.3, -0.25) is 0 Å². The lowest BCUT2D eigenvalue weighted by Gasteiger charge is -2.16. The van der Waals surface area contributed by atoms with E-state index >= 15 is 0 Å². The van der Waals surface area contributed by atoms with E-state index in [1.54, 1.807) is 0 Å². The molecule has 94 heavy (non-hydrogen) atoms. The van der Waals surface area contributed by atoms with Gasteiger partial charge in [0.2, 0.25) is 0 Å². The standard InChI is InChI=1S/C86H66N8/c1-7-19-63(20-8-1)75-76(64-21-9-2-10-22-64)90-85(89-75)73-53-57-33-31-55-35-39-59(43-45-61(73)41-37-57)71(51-55)81-79(67-27-15-5-16-28-67)87-83(93-81)69-47-49-70(50-48-69)84-88-80(68-29-17-6-18-30-68)82(94-84)72-52-56-32-34-58-38-42-62(46-44-60(72)40-36-56)74(54-58)86-91-77(65-23-11-3-12-24-65)78(92-86)66-25-13-4-14-26-66/h1-30,35-42,47-54H,31-34,43-46H2,(H,87,93)(H,88,94)(H,89,90)(H,91,92). The molecular weight excluding hydrogens is 1150 g/mol. The Morgan fingerprint density at radius 1 is 0.191 bits per heavy atom. The molecule has 0 atom stereocenters. The number of imidazole rings is 4. The van der Waals surface area contributed by atoms with Crippen LogP contribution in [0.3, 0.4) is 0 Å². The van der Waals surface area contributed by atoms with Crippen LogP contribution in [0.4, 0.5) is 0 Å². The minimum absolute atomic E-state index is 0.814. The summed E-state index contributed by atoms with van der Waals surface area (Å²) in [4.78, 5) is 37.4. The lowest BCUT2D eigenvalue weighted by atomic mass is 9.89. The van der Waals surface area contributed by atoms with Gasteiger partial charge in [-0.15, -0.1) is 0 Å². The summed E-state index contributed by atoms with van der Waals surface area (Å²) < 4.78 is 0. The van der Waals surface area contributed by atoms with Crippen molar-refractivity contribution in [1.29, 1.82) is 0 Å². The molecule has 8 heteroatoms. The molecule has 8 aliphatic carbocycles. The van der Waals surface area contributed by atoms with Gasteiger partial charge >= 0.3 is 0 Å². The third-order valence-corrected chi connectivity index (χ3v) is 19.0. The zero-order chi connectivity index (χ0) is 62.3. The highest BCUT2D eigenvalue weighted by atomic mass is 15.0. The fourth-order valence-corrected chi connectivity index (χ4v) is 14.0. The molecule has 0 fully saturated rings. The number of hydrogen-bond donors (Lipinski definition) is 4. The molecule has 0 unspecified atom stereocenters. The van der Waals surface area contributed by atoms with Crippen molar-refractivity contribution in [1.82, 2.24) is 39.9 Å². The lowest BCUT2D eigenvalue weighted by molar-refractivity contribution is 0.922. The quantitative estimate of drug-likeness (QED) is 0.0975. The largest absolute Gasteiger partial charge is 0.337 e. The van der Waals surface area contributed by atoms with Gasteiger partial charge < -0.3 is 19.9 Å². The predicted molar refractivity (Wildman–Crippen MR) is 383 cm³/mol. The number of H-pyrrole nitrogens is 4. The number of nitrogens with one attached hydrogen (secondary N) is 4. The summed E-state index contributed by atoms with van der Waals surface area (Å²) in [6.07, 6.45) is 6.84. The molecule has 0 radical (unpaired) electrons. The Kier molecular flexibility index (Phi) is 14.6. The summed E-state index contributed by atoms with van der Waals surface area (Å²) in [5.41, 5.74) is 31.2. The Labute approximate surface area is 547 Å². The van der Waals surface area contributed by atoms with Crippen LogP contribution in [0.25, 0.3) is 136 Å². The molecule has 450 valence electrons. The van der Waals surface area contributed by atoms with E-state index in [9.17, 15) is 0 Å². The van der Waals surface area contributed by atoms with E-state index in [4.69, 9.17) is 19.9 Å². The average molecular weight is 1210 g/mol. The second-order valence-electron chi connectivity index (χ2n) is 25.0. The van der Waals surface area contributed by atoms with Crippen molar-refractivity contribution in [2.75, 3.05) is 0 Å². The monoisotopic (exact) mass is 1210 g/mol. The van der Waals surface area contributed by atoms with Crippen molar-refractivity contribution in [3.63, 3.8) is 0 Å². The van der Waals surface area contributed by atoms with Gasteiger partial charge in [-0.05, 0) is 120 Å². The smallest absolute Gasteiger partial charge is 0.138 e. The molecule has 23 rings (SSSR count). The predicted octanol–water partition coefficient (Wildman–Crippen LogP) is 20.4. The molecule has 0 saturated heterocycles. The number of rotatable bonds is 12. The Hall–Kier alpha value is -11.7. The summed E-state index contributed by atoms with van der Waals surface area (Å²) in [6.45, 7) is 0. The van der Waals surface area contributed by atoms with Gasteiger partial charge in [-0.1, -0.05) is 255 Å². The van der Waals surface area contributed by atoms with Gasteiger partial charge in [0.1, 0.15) is 23.3 Å². The zero-order valence-corrected chi connectivity index (χ0v) is 52.0. The first-order chi connectivity index (χ1) is 46.5. The third kappa shape index (κ3) is 11.0. The number of aromatic amines is 4. The molecule has 0 aliphatic heterocycles. The molecule has 8 bridgehead atoms. The second kappa shape index (κ2) is 24.5. The van der Waals surface area contributed by atoms with Crippen LogP contribution in [0, 0.1) is 0 Å². The Morgan fingerprint density at radius 3 is 0.745 bits per heavy atom. The minimum Gasteiger partial charge on any atom is -0.337 e. The summed E-state index contributed by atoms with van der Waals surface area (Å²) in [5.74, 6) is 3.41. The van der Waals surface area contributed by atoms with E-state index in [0.717, 1.165) is 187 Å². The molecule has 15 aromatic rings. The molecule has 8 aliphatic rings. The molecule has 0 saturated carbocycles. The minimum atomic E-state index is 0.814. The normalized spacial score (nSPS) is 12.8. The highest BCUT2D eigenvalue weighted by molar-refractivity contribution is 5.87. The summed E-state index contributed by atoms with van der Waals surface area (Å²) in [5, 5.41) is 0. The van der Waals surface area contributed by atoms with Crippen molar-refractivity contribution in [2.24, 2.45) is 0 Å². The molecule has 0 spiro atoms. The zero-order valence-electron chi connectivity index (χ0n) is 52.0. The maximum atomic E-state index is 5.60. The first-order valence-corrected chi connectivity index (χ1v) is 32.9. The molecule has 11 aromatic carbocycles. The summed E-state index contributed by atoms with van der Waals surface area (Å²) in [6, 6.07) is 100. The lowest BCUT2D eigenvalue weighted by Crippen LogP contribution is -2.03. The number of aromatic nitrogens is 8. The molecular formula is C86H66N8. The second-order valence-corrected chi connectivity index (χ2v) is 25.0. The molecule has 8 nitrogen and oxygen atoms in total. The van der Waals surface area contributed by atoms with Gasteiger partial charge in [0, 0.05) is 66.8 Å². The molecule has 0 amide bonds. The SMILES string of the molecule is c1ccc(-c2nc(-c3cc4ccc3CCc3ccc(cc3-c3nc(-c5ccc(-c6nc(-c7cc8ccc7CCc7ccc(cc7-c7nc(-c9ccccc9)c(-c9ccccc9)[nH]7)CC8)c(-c7ccccc7)[nH]6)cc5)[nH]c3-c3ccccc3)CC4)[nH]c2-c2ccccc2)cc1. The van der Waals surface area contributed by atoms with E-state index in [-0.39, 0.29) is 0 Å². The van der Waals surface area contributed by atoms with E-state index in [0.29, 0.717) is 0 Å². The van der Waals surface area contributed by atoms with E-state index in [2.05, 4.69) is 299 Å². The topological polar surface area (TPSA) is 115 Å². The van der Waals surface area contributed by atoms with Gasteiger partial charge in [0.05, 0.1) is 45.6 Å². The molecule has 4 heterocycles. The van der Waals surface area contributed by atoms with Gasteiger partial charge in [-0.2, -0.15) is 0 Å². The molecule has 4 aromatic heterocycles. The van der Waals surface area contributed by atoms with Crippen molar-refractivity contribution >= 4 is 0 Å². The van der Waals surface area contributed by atoms with Crippen LogP contribution in [0.5, 0.6) is 0 Å². The summed E-state index contributed by atoms with van der Waals surface area (Å²) >= 11 is 0. The average Bonchev–Trinajstić information content (AvgIpc) is 1.63. The maximum absolute atomic E-state index is 5.60. The van der Waals surface area contributed by atoms with E-state index in [1.807, 2.05) is 0 Å². The van der Waals surface area contributed by atoms with Gasteiger partial charge in [0.25, 0.3) is 0 Å². The number of aryl methyl sites for hydroxylation is 8. The van der Waals surface area contributed by atoms with Crippen molar-refractivity contribution in [2.45, 2.75) is 51.4 Å².